The molecule has 25 heavy (non-hydrogen) atoms. The van der Waals surface area contributed by atoms with Gasteiger partial charge in [-0.15, -0.1) is 12.4 Å². The standard InChI is InChI=1S/C16H18N4O3S.ClH/c1-19-14-8-5-12(9-15(14)20(2)16(19)21)18-24(22,23)13-6-3-11(10-17)4-7-13;/h3-9,18H,10,17H2,1-2H3;1H. The molecule has 3 N–H and O–H groups in total. The van der Waals surface area contributed by atoms with Gasteiger partial charge in [0.1, 0.15) is 0 Å². The molecule has 9 heteroatoms. The lowest BCUT2D eigenvalue weighted by atomic mass is 10.2. The van der Waals surface area contributed by atoms with Gasteiger partial charge >= 0.3 is 5.69 Å². The molecule has 3 aromatic rings. The Balaban J connectivity index is 0.00000225. The summed E-state index contributed by atoms with van der Waals surface area (Å²) in [5.41, 5.74) is 7.99. The largest absolute Gasteiger partial charge is 0.328 e. The number of hydrogen-bond acceptors (Lipinski definition) is 4. The molecule has 0 aliphatic heterocycles. The summed E-state index contributed by atoms with van der Waals surface area (Å²) < 4.78 is 30.5. The Morgan fingerprint density at radius 1 is 1.00 bits per heavy atom. The zero-order chi connectivity index (χ0) is 17.5. The van der Waals surface area contributed by atoms with Crippen LogP contribution in [0.2, 0.25) is 0 Å². The van der Waals surface area contributed by atoms with Gasteiger partial charge in [-0.05, 0) is 35.9 Å². The Morgan fingerprint density at radius 2 is 1.60 bits per heavy atom. The van der Waals surface area contributed by atoms with Crippen molar-refractivity contribution in [3.8, 4) is 0 Å². The molecule has 1 aromatic heterocycles. The smallest absolute Gasteiger partial charge is 0.326 e. The van der Waals surface area contributed by atoms with Crippen LogP contribution in [0.4, 0.5) is 5.69 Å². The summed E-state index contributed by atoms with van der Waals surface area (Å²) >= 11 is 0. The van der Waals surface area contributed by atoms with E-state index in [2.05, 4.69) is 4.72 Å². The molecule has 0 bridgehead atoms. The summed E-state index contributed by atoms with van der Waals surface area (Å²) in [5, 5.41) is 0. The van der Waals surface area contributed by atoms with Gasteiger partial charge in [0.15, 0.2) is 0 Å². The topological polar surface area (TPSA) is 99.1 Å². The van der Waals surface area contributed by atoms with Crippen LogP contribution in [0.1, 0.15) is 5.56 Å². The third-order valence-corrected chi connectivity index (χ3v) is 5.39. The average Bonchev–Trinajstić information content (AvgIpc) is 2.79. The lowest BCUT2D eigenvalue weighted by molar-refractivity contribution is 0.601. The number of anilines is 1. The van der Waals surface area contributed by atoms with Crippen LogP contribution in [-0.4, -0.2) is 17.6 Å². The molecule has 0 saturated carbocycles. The molecule has 0 aliphatic rings. The number of hydrogen-bond donors (Lipinski definition) is 2. The normalized spacial score (nSPS) is 11.3. The highest BCUT2D eigenvalue weighted by molar-refractivity contribution is 7.92. The fourth-order valence-corrected chi connectivity index (χ4v) is 3.64. The number of aryl methyl sites for hydroxylation is 2. The second-order valence-electron chi connectivity index (χ2n) is 5.56. The van der Waals surface area contributed by atoms with Crippen molar-refractivity contribution in [1.29, 1.82) is 0 Å². The molecule has 2 aromatic carbocycles. The molecule has 0 fully saturated rings. The Hall–Kier alpha value is -2.29. The maximum atomic E-state index is 12.5. The van der Waals surface area contributed by atoms with Crippen molar-refractivity contribution in [3.63, 3.8) is 0 Å². The van der Waals surface area contributed by atoms with Gasteiger partial charge in [-0.25, -0.2) is 13.2 Å². The maximum Gasteiger partial charge on any atom is 0.328 e. The lowest BCUT2D eigenvalue weighted by Gasteiger charge is -2.09. The first-order valence-electron chi connectivity index (χ1n) is 7.31. The third kappa shape index (κ3) is 3.41. The van der Waals surface area contributed by atoms with Crippen molar-refractivity contribution in [2.45, 2.75) is 11.4 Å². The molecular weight excluding hydrogens is 364 g/mol. The van der Waals surface area contributed by atoms with Crippen LogP contribution in [-0.2, 0) is 30.7 Å². The van der Waals surface area contributed by atoms with Gasteiger partial charge in [-0.1, -0.05) is 12.1 Å². The summed E-state index contributed by atoms with van der Waals surface area (Å²) in [5.74, 6) is 0. The Kier molecular flexibility index (Phi) is 5.26. The minimum atomic E-state index is -3.71. The van der Waals surface area contributed by atoms with Crippen LogP contribution in [0.15, 0.2) is 52.2 Å². The van der Waals surface area contributed by atoms with Gasteiger partial charge < -0.3 is 5.73 Å². The van der Waals surface area contributed by atoms with Crippen molar-refractivity contribution < 1.29 is 8.42 Å². The second kappa shape index (κ2) is 6.91. The molecule has 7 nitrogen and oxygen atoms in total. The van der Waals surface area contributed by atoms with E-state index >= 15 is 0 Å². The Bertz CT molecular complexity index is 1070. The van der Waals surface area contributed by atoms with E-state index in [4.69, 9.17) is 5.73 Å². The first-order chi connectivity index (χ1) is 11.3. The zero-order valence-electron chi connectivity index (χ0n) is 13.8. The average molecular weight is 383 g/mol. The molecule has 1 heterocycles. The monoisotopic (exact) mass is 382 g/mol. The van der Waals surface area contributed by atoms with Crippen LogP contribution in [0.5, 0.6) is 0 Å². The van der Waals surface area contributed by atoms with E-state index in [1.165, 1.54) is 21.3 Å². The number of nitrogens with zero attached hydrogens (tertiary/aromatic N) is 2. The Morgan fingerprint density at radius 3 is 2.20 bits per heavy atom. The van der Waals surface area contributed by atoms with E-state index in [0.29, 0.717) is 17.7 Å². The van der Waals surface area contributed by atoms with Gasteiger partial charge in [-0.3, -0.25) is 13.9 Å². The zero-order valence-corrected chi connectivity index (χ0v) is 15.4. The van der Waals surface area contributed by atoms with E-state index in [9.17, 15) is 13.2 Å². The van der Waals surface area contributed by atoms with E-state index < -0.39 is 10.0 Å². The van der Waals surface area contributed by atoms with Gasteiger partial charge in [0.2, 0.25) is 0 Å². The number of aromatic nitrogens is 2. The van der Waals surface area contributed by atoms with E-state index in [1.54, 1.807) is 44.4 Å². The van der Waals surface area contributed by atoms with Crippen LogP contribution in [0.25, 0.3) is 11.0 Å². The first kappa shape index (κ1) is 19.0. The highest BCUT2D eigenvalue weighted by Crippen LogP contribution is 2.21. The predicted octanol–water partition coefficient (Wildman–Crippen LogP) is 1.56. The molecule has 0 radical (unpaired) electrons. The molecule has 0 unspecified atom stereocenters. The molecule has 0 atom stereocenters. The maximum absolute atomic E-state index is 12.5. The molecule has 0 saturated heterocycles. The van der Waals surface area contributed by atoms with E-state index in [-0.39, 0.29) is 23.0 Å². The van der Waals surface area contributed by atoms with Gasteiger partial charge in [0.05, 0.1) is 21.6 Å². The van der Waals surface area contributed by atoms with Crippen LogP contribution in [0, 0.1) is 0 Å². The number of nitrogens with one attached hydrogen (secondary N) is 1. The van der Waals surface area contributed by atoms with Gasteiger partial charge in [-0.2, -0.15) is 0 Å². The van der Waals surface area contributed by atoms with Crippen molar-refractivity contribution in [2.24, 2.45) is 19.8 Å². The minimum Gasteiger partial charge on any atom is -0.326 e. The van der Waals surface area contributed by atoms with Crippen molar-refractivity contribution >= 4 is 39.2 Å². The predicted molar refractivity (Wildman–Crippen MR) is 101 cm³/mol. The summed E-state index contributed by atoms with van der Waals surface area (Å²) in [6, 6.07) is 11.4. The molecule has 0 aliphatic carbocycles. The summed E-state index contributed by atoms with van der Waals surface area (Å²) in [6.07, 6.45) is 0. The minimum absolute atomic E-state index is 0. The van der Waals surface area contributed by atoms with Crippen molar-refractivity contribution in [3.05, 3.63) is 58.5 Å². The molecular formula is C16H19ClN4O3S. The molecule has 0 amide bonds. The van der Waals surface area contributed by atoms with Crippen LogP contribution >= 0.6 is 12.4 Å². The molecule has 3 rings (SSSR count). The SMILES string of the molecule is Cl.Cn1c(=O)n(C)c2cc(NS(=O)(=O)c3ccc(CN)cc3)ccc21. The van der Waals surface area contributed by atoms with E-state index in [0.717, 1.165) is 11.1 Å². The lowest BCUT2D eigenvalue weighted by Crippen LogP contribution is -2.19. The van der Waals surface area contributed by atoms with Gasteiger partial charge in [0.25, 0.3) is 10.0 Å². The highest BCUT2D eigenvalue weighted by atomic mass is 35.5. The quantitative estimate of drug-likeness (QED) is 0.715. The molecule has 134 valence electrons. The number of sulfonamides is 1. The fourth-order valence-electron chi connectivity index (χ4n) is 2.59. The Labute approximate surface area is 151 Å². The van der Waals surface area contributed by atoms with Crippen LogP contribution in [0.3, 0.4) is 0 Å². The van der Waals surface area contributed by atoms with Crippen LogP contribution < -0.4 is 16.1 Å². The van der Waals surface area contributed by atoms with Crippen molar-refractivity contribution in [1.82, 2.24) is 9.13 Å². The van der Waals surface area contributed by atoms with E-state index in [1.807, 2.05) is 0 Å². The summed E-state index contributed by atoms with van der Waals surface area (Å²) in [4.78, 5) is 12.1. The van der Waals surface area contributed by atoms with Crippen molar-refractivity contribution in [2.75, 3.05) is 4.72 Å². The fraction of sp³-hybridized carbons (Fsp3) is 0.188. The van der Waals surface area contributed by atoms with Gasteiger partial charge in [0, 0.05) is 20.6 Å². The number of nitrogens with two attached hydrogens (primary N) is 1. The number of benzene rings is 2. The number of fused-ring (bicyclic) bond motifs is 1. The highest BCUT2D eigenvalue weighted by Gasteiger charge is 2.15. The summed E-state index contributed by atoms with van der Waals surface area (Å²) in [7, 11) is -0.387. The third-order valence-electron chi connectivity index (χ3n) is 3.99. The number of imidazole rings is 1. The summed E-state index contributed by atoms with van der Waals surface area (Å²) in [6.45, 7) is 0.354. The number of halogens is 1. The first-order valence-corrected chi connectivity index (χ1v) is 8.79. The number of rotatable bonds is 4. The molecule has 0 spiro atoms. The second-order valence-corrected chi connectivity index (χ2v) is 7.24.